The van der Waals surface area contributed by atoms with Gasteiger partial charge in [-0.2, -0.15) is 0 Å². The third-order valence-electron chi connectivity index (χ3n) is 4.24. The highest BCUT2D eigenvalue weighted by molar-refractivity contribution is 7.92. The minimum atomic E-state index is -3.47. The molecule has 0 heterocycles. The summed E-state index contributed by atoms with van der Waals surface area (Å²) >= 11 is 0. The van der Waals surface area contributed by atoms with Gasteiger partial charge in [-0.1, -0.05) is 31.2 Å². The molecule has 1 amide bonds. The first kappa shape index (κ1) is 20.0. The van der Waals surface area contributed by atoms with Crippen LogP contribution in [-0.2, 0) is 21.2 Å². The molecular formula is C20H26N2O3S. The lowest BCUT2D eigenvalue weighted by Gasteiger charge is -2.22. The Balaban J connectivity index is 2.09. The molecule has 0 saturated carbocycles. The van der Waals surface area contributed by atoms with Crippen molar-refractivity contribution >= 4 is 27.3 Å². The number of hydrogen-bond donors (Lipinski definition) is 1. The molecule has 2 rings (SSSR count). The van der Waals surface area contributed by atoms with E-state index in [1.165, 1.54) is 4.31 Å². The maximum Gasteiger partial charge on any atom is 0.232 e. The number of sulfonamides is 1. The summed E-state index contributed by atoms with van der Waals surface area (Å²) in [6.45, 7) is 6.02. The van der Waals surface area contributed by atoms with E-state index < -0.39 is 10.0 Å². The predicted molar refractivity (Wildman–Crippen MR) is 107 cm³/mol. The number of carbonyl (C=O) groups excluding carboxylic acids is 1. The summed E-state index contributed by atoms with van der Waals surface area (Å²) in [5.74, 6) is -0.211. The highest BCUT2D eigenvalue weighted by Crippen LogP contribution is 2.20. The van der Waals surface area contributed by atoms with E-state index in [0.29, 0.717) is 5.69 Å². The summed E-state index contributed by atoms with van der Waals surface area (Å²) in [5.41, 5.74) is 4.49. The van der Waals surface area contributed by atoms with E-state index in [9.17, 15) is 13.2 Å². The molecule has 0 radical (unpaired) electrons. The number of rotatable bonds is 7. The summed E-state index contributed by atoms with van der Waals surface area (Å²) in [7, 11) is -3.47. The molecule has 0 fully saturated rings. The number of amides is 1. The third kappa shape index (κ3) is 5.33. The van der Waals surface area contributed by atoms with Gasteiger partial charge in [-0.3, -0.25) is 9.10 Å². The number of aryl methyl sites for hydroxylation is 3. The average molecular weight is 375 g/mol. The van der Waals surface area contributed by atoms with Gasteiger partial charge in [-0.25, -0.2) is 8.42 Å². The topological polar surface area (TPSA) is 66.5 Å². The van der Waals surface area contributed by atoms with Crippen LogP contribution >= 0.6 is 0 Å². The highest BCUT2D eigenvalue weighted by atomic mass is 32.2. The zero-order valence-electron chi connectivity index (χ0n) is 15.7. The van der Waals surface area contributed by atoms with Crippen molar-refractivity contribution in [2.75, 3.05) is 22.4 Å². The Kier molecular flexibility index (Phi) is 6.42. The van der Waals surface area contributed by atoms with Crippen LogP contribution in [-0.4, -0.2) is 27.1 Å². The van der Waals surface area contributed by atoms with Gasteiger partial charge < -0.3 is 5.32 Å². The van der Waals surface area contributed by atoms with E-state index in [0.717, 1.165) is 35.1 Å². The molecule has 0 unspecified atom stereocenters. The smallest absolute Gasteiger partial charge is 0.232 e. The fraction of sp³-hybridized carbons (Fsp3) is 0.350. The van der Waals surface area contributed by atoms with Gasteiger partial charge in [-0.15, -0.1) is 0 Å². The van der Waals surface area contributed by atoms with Gasteiger partial charge in [-0.05, 0) is 55.2 Å². The van der Waals surface area contributed by atoms with Gasteiger partial charge in [0.25, 0.3) is 0 Å². The van der Waals surface area contributed by atoms with Gasteiger partial charge in [0.1, 0.15) is 0 Å². The van der Waals surface area contributed by atoms with Crippen LogP contribution in [0.15, 0.2) is 42.5 Å². The van der Waals surface area contributed by atoms with Gasteiger partial charge in [0, 0.05) is 18.7 Å². The van der Waals surface area contributed by atoms with Crippen molar-refractivity contribution in [2.24, 2.45) is 0 Å². The first-order valence-corrected chi connectivity index (χ1v) is 10.5. The van der Waals surface area contributed by atoms with Crippen LogP contribution in [0.4, 0.5) is 11.4 Å². The standard InChI is InChI=1S/C20H26N2O3S/c1-5-17-8-10-18(11-9-17)22(26(4,24)25)13-12-20(23)21-19-14-15(2)6-7-16(19)3/h6-11,14H,5,12-13H2,1-4H3,(H,21,23). The lowest BCUT2D eigenvalue weighted by atomic mass is 10.1. The van der Waals surface area contributed by atoms with Crippen molar-refractivity contribution in [2.45, 2.75) is 33.6 Å². The fourth-order valence-electron chi connectivity index (χ4n) is 2.67. The Hall–Kier alpha value is -2.34. The number of anilines is 2. The average Bonchev–Trinajstić information content (AvgIpc) is 2.57. The predicted octanol–water partition coefficient (Wildman–Crippen LogP) is 3.66. The van der Waals surface area contributed by atoms with Crippen LogP contribution in [0.3, 0.4) is 0 Å². The first-order chi connectivity index (χ1) is 12.2. The van der Waals surface area contributed by atoms with E-state index >= 15 is 0 Å². The molecule has 0 aromatic heterocycles. The maximum absolute atomic E-state index is 12.3. The Morgan fingerprint density at radius 3 is 2.31 bits per heavy atom. The molecule has 6 heteroatoms. The molecule has 140 valence electrons. The third-order valence-corrected chi connectivity index (χ3v) is 5.44. The molecule has 26 heavy (non-hydrogen) atoms. The minimum Gasteiger partial charge on any atom is -0.326 e. The Bertz CT molecular complexity index is 874. The number of nitrogens with zero attached hydrogens (tertiary/aromatic N) is 1. The van der Waals surface area contributed by atoms with Crippen molar-refractivity contribution in [3.63, 3.8) is 0 Å². The molecule has 0 saturated heterocycles. The first-order valence-electron chi connectivity index (χ1n) is 8.64. The molecule has 2 aromatic carbocycles. The largest absolute Gasteiger partial charge is 0.326 e. The summed E-state index contributed by atoms with van der Waals surface area (Å²) < 4.78 is 25.6. The van der Waals surface area contributed by atoms with E-state index in [1.54, 1.807) is 12.1 Å². The second kappa shape index (κ2) is 8.36. The summed E-state index contributed by atoms with van der Waals surface area (Å²) in [6.07, 6.45) is 2.12. The maximum atomic E-state index is 12.3. The van der Waals surface area contributed by atoms with Crippen LogP contribution < -0.4 is 9.62 Å². The monoisotopic (exact) mass is 374 g/mol. The van der Waals surface area contributed by atoms with Crippen molar-refractivity contribution in [3.8, 4) is 0 Å². The quantitative estimate of drug-likeness (QED) is 0.804. The summed E-state index contributed by atoms with van der Waals surface area (Å²) in [5, 5.41) is 2.87. The molecule has 0 bridgehead atoms. The number of nitrogens with one attached hydrogen (secondary N) is 1. The molecule has 0 aliphatic carbocycles. The van der Waals surface area contributed by atoms with Crippen LogP contribution in [0.25, 0.3) is 0 Å². The van der Waals surface area contributed by atoms with Gasteiger partial charge in [0.15, 0.2) is 0 Å². The van der Waals surface area contributed by atoms with Gasteiger partial charge in [0.2, 0.25) is 15.9 Å². The van der Waals surface area contributed by atoms with Crippen molar-refractivity contribution < 1.29 is 13.2 Å². The van der Waals surface area contributed by atoms with Crippen LogP contribution in [0.1, 0.15) is 30.0 Å². The van der Waals surface area contributed by atoms with Crippen LogP contribution in [0, 0.1) is 13.8 Å². The van der Waals surface area contributed by atoms with Crippen molar-refractivity contribution in [1.82, 2.24) is 0 Å². The zero-order chi connectivity index (χ0) is 19.3. The van der Waals surface area contributed by atoms with Crippen molar-refractivity contribution in [3.05, 3.63) is 59.2 Å². The molecule has 1 N–H and O–H groups in total. The Labute approximate surface area is 156 Å². The molecule has 0 atom stereocenters. The lowest BCUT2D eigenvalue weighted by molar-refractivity contribution is -0.116. The van der Waals surface area contributed by atoms with Gasteiger partial charge in [0.05, 0.1) is 11.9 Å². The Morgan fingerprint density at radius 1 is 1.08 bits per heavy atom. The molecule has 0 aliphatic rings. The van der Waals surface area contributed by atoms with Crippen molar-refractivity contribution in [1.29, 1.82) is 0 Å². The summed E-state index contributed by atoms with van der Waals surface area (Å²) in [4.78, 5) is 12.3. The lowest BCUT2D eigenvalue weighted by Crippen LogP contribution is -2.33. The van der Waals surface area contributed by atoms with Gasteiger partial charge >= 0.3 is 0 Å². The number of carbonyl (C=O) groups is 1. The second-order valence-corrected chi connectivity index (χ2v) is 8.38. The fourth-order valence-corrected chi connectivity index (χ4v) is 3.60. The zero-order valence-corrected chi connectivity index (χ0v) is 16.6. The van der Waals surface area contributed by atoms with Crippen LogP contribution in [0.2, 0.25) is 0 Å². The van der Waals surface area contributed by atoms with Crippen LogP contribution in [0.5, 0.6) is 0 Å². The number of hydrogen-bond acceptors (Lipinski definition) is 3. The molecule has 2 aromatic rings. The second-order valence-electron chi connectivity index (χ2n) is 6.47. The molecule has 5 nitrogen and oxygen atoms in total. The van der Waals surface area contributed by atoms with E-state index in [-0.39, 0.29) is 18.9 Å². The van der Waals surface area contributed by atoms with E-state index in [2.05, 4.69) is 5.32 Å². The highest BCUT2D eigenvalue weighted by Gasteiger charge is 2.18. The molecular weight excluding hydrogens is 348 g/mol. The molecule has 0 aliphatic heterocycles. The SMILES string of the molecule is CCc1ccc(N(CCC(=O)Nc2cc(C)ccc2C)S(C)(=O)=O)cc1. The van der Waals surface area contributed by atoms with E-state index in [4.69, 9.17) is 0 Å². The molecule has 0 spiro atoms. The number of benzene rings is 2. The minimum absolute atomic E-state index is 0.0793. The summed E-state index contributed by atoms with van der Waals surface area (Å²) in [6, 6.07) is 13.2. The Morgan fingerprint density at radius 2 is 1.73 bits per heavy atom. The van der Waals surface area contributed by atoms with E-state index in [1.807, 2.05) is 51.1 Å². The normalized spacial score (nSPS) is 11.2.